The fourth-order valence-corrected chi connectivity index (χ4v) is 2.85. The Balaban J connectivity index is 2.04. The van der Waals surface area contributed by atoms with Crippen LogP contribution in [-0.2, 0) is 6.42 Å². The molecule has 1 heterocycles. The van der Waals surface area contributed by atoms with Crippen LogP contribution in [0.4, 0.5) is 10.1 Å². The van der Waals surface area contributed by atoms with Crippen LogP contribution in [0.15, 0.2) is 36.4 Å². The van der Waals surface area contributed by atoms with Gasteiger partial charge in [0.1, 0.15) is 11.6 Å². The minimum absolute atomic E-state index is 0.111. The van der Waals surface area contributed by atoms with Crippen molar-refractivity contribution in [2.75, 3.05) is 11.4 Å². The van der Waals surface area contributed by atoms with Gasteiger partial charge in [-0.15, -0.1) is 0 Å². The molecule has 3 nitrogen and oxygen atoms in total. The lowest BCUT2D eigenvalue weighted by Gasteiger charge is -2.30. The molecule has 0 bridgehead atoms. The second-order valence-electron chi connectivity index (χ2n) is 5.30. The average Bonchev–Trinajstić information content (AvgIpc) is 2.46. The Morgan fingerprint density at radius 1 is 1.29 bits per heavy atom. The summed E-state index contributed by atoms with van der Waals surface area (Å²) in [6.07, 6.45) is 1.69. The van der Waals surface area contributed by atoms with Gasteiger partial charge in [0, 0.05) is 12.1 Å². The van der Waals surface area contributed by atoms with Crippen molar-refractivity contribution in [3.8, 4) is 5.75 Å². The first-order valence-electron chi connectivity index (χ1n) is 6.97. The van der Waals surface area contributed by atoms with E-state index >= 15 is 0 Å². The number of fused-ring (bicyclic) bond motifs is 1. The van der Waals surface area contributed by atoms with Crippen molar-refractivity contribution in [1.82, 2.24) is 0 Å². The molecule has 4 heteroatoms. The van der Waals surface area contributed by atoms with Crippen molar-refractivity contribution in [3.63, 3.8) is 0 Å². The van der Waals surface area contributed by atoms with E-state index in [2.05, 4.69) is 0 Å². The molecule has 0 saturated heterocycles. The molecule has 1 N–H and O–H groups in total. The molecule has 0 atom stereocenters. The number of benzene rings is 2. The van der Waals surface area contributed by atoms with Gasteiger partial charge in [0.15, 0.2) is 0 Å². The maximum atomic E-state index is 13.2. The summed E-state index contributed by atoms with van der Waals surface area (Å²) in [6.45, 7) is 2.27. The fourth-order valence-electron chi connectivity index (χ4n) is 2.85. The molecule has 0 spiro atoms. The van der Waals surface area contributed by atoms with Crippen LogP contribution < -0.4 is 4.90 Å². The van der Waals surface area contributed by atoms with Gasteiger partial charge in [0.25, 0.3) is 5.91 Å². The quantitative estimate of drug-likeness (QED) is 0.872. The summed E-state index contributed by atoms with van der Waals surface area (Å²) >= 11 is 0. The Hall–Kier alpha value is -2.36. The van der Waals surface area contributed by atoms with Crippen LogP contribution >= 0.6 is 0 Å². The highest BCUT2D eigenvalue weighted by molar-refractivity contribution is 6.08. The second-order valence-corrected chi connectivity index (χ2v) is 5.30. The molecule has 0 aromatic heterocycles. The zero-order chi connectivity index (χ0) is 15.0. The Morgan fingerprint density at radius 3 is 2.86 bits per heavy atom. The molecule has 1 amide bonds. The van der Waals surface area contributed by atoms with Gasteiger partial charge in [-0.05, 0) is 55.2 Å². The van der Waals surface area contributed by atoms with E-state index < -0.39 is 0 Å². The first-order chi connectivity index (χ1) is 10.1. The zero-order valence-corrected chi connectivity index (χ0v) is 11.8. The number of carbonyl (C=O) groups excluding carboxylic acids is 1. The van der Waals surface area contributed by atoms with Crippen molar-refractivity contribution in [3.05, 3.63) is 58.9 Å². The zero-order valence-electron chi connectivity index (χ0n) is 11.8. The van der Waals surface area contributed by atoms with Crippen LogP contribution in [0.1, 0.15) is 27.9 Å². The number of halogens is 1. The number of aromatic hydroxyl groups is 1. The predicted octanol–water partition coefficient (Wildman–Crippen LogP) is 3.43. The largest absolute Gasteiger partial charge is 0.506 e. The SMILES string of the molecule is Cc1cc(F)ccc1C(=O)N1CCCc2cccc(O)c21. The average molecular weight is 285 g/mol. The van der Waals surface area contributed by atoms with Gasteiger partial charge in [0.05, 0.1) is 5.69 Å². The molecule has 1 aliphatic rings. The molecule has 1 aliphatic heterocycles. The standard InChI is InChI=1S/C17H16FNO2/c1-11-10-13(18)7-8-14(11)17(21)19-9-3-5-12-4-2-6-15(20)16(12)19/h2,4,6-8,10,20H,3,5,9H2,1H3. The molecule has 2 aromatic carbocycles. The highest BCUT2D eigenvalue weighted by Gasteiger charge is 2.26. The maximum Gasteiger partial charge on any atom is 0.258 e. The highest BCUT2D eigenvalue weighted by Crippen LogP contribution is 2.36. The summed E-state index contributed by atoms with van der Waals surface area (Å²) in [5, 5.41) is 10.1. The van der Waals surface area contributed by atoms with Crippen molar-refractivity contribution in [1.29, 1.82) is 0 Å². The first kappa shape index (κ1) is 13.6. The smallest absolute Gasteiger partial charge is 0.258 e. The lowest BCUT2D eigenvalue weighted by atomic mass is 9.99. The fraction of sp³-hybridized carbons (Fsp3) is 0.235. The Bertz CT molecular complexity index is 712. The van der Waals surface area contributed by atoms with E-state index in [4.69, 9.17) is 0 Å². The number of amides is 1. The summed E-state index contributed by atoms with van der Waals surface area (Å²) in [6, 6.07) is 9.43. The Labute approximate surface area is 122 Å². The number of hydrogen-bond donors (Lipinski definition) is 1. The second kappa shape index (κ2) is 5.20. The maximum absolute atomic E-state index is 13.2. The van der Waals surface area contributed by atoms with Crippen molar-refractivity contribution in [2.45, 2.75) is 19.8 Å². The van der Waals surface area contributed by atoms with Crippen LogP contribution in [0.25, 0.3) is 0 Å². The number of phenols is 1. The number of para-hydroxylation sites is 1. The van der Waals surface area contributed by atoms with Crippen molar-refractivity contribution >= 4 is 11.6 Å². The van der Waals surface area contributed by atoms with E-state index in [0.717, 1.165) is 18.4 Å². The summed E-state index contributed by atoms with van der Waals surface area (Å²) in [4.78, 5) is 14.3. The molecule has 0 radical (unpaired) electrons. The van der Waals surface area contributed by atoms with E-state index in [1.807, 2.05) is 6.07 Å². The summed E-state index contributed by atoms with van der Waals surface area (Å²) < 4.78 is 13.2. The van der Waals surface area contributed by atoms with Gasteiger partial charge in [-0.2, -0.15) is 0 Å². The number of nitrogens with zero attached hydrogens (tertiary/aromatic N) is 1. The van der Waals surface area contributed by atoms with Crippen molar-refractivity contribution < 1.29 is 14.3 Å². The summed E-state index contributed by atoms with van der Waals surface area (Å²) in [7, 11) is 0. The molecule has 0 aliphatic carbocycles. The predicted molar refractivity (Wildman–Crippen MR) is 79.2 cm³/mol. The molecule has 2 aromatic rings. The van der Waals surface area contributed by atoms with Crippen LogP contribution in [-0.4, -0.2) is 17.6 Å². The van der Waals surface area contributed by atoms with E-state index in [9.17, 15) is 14.3 Å². The van der Waals surface area contributed by atoms with E-state index in [0.29, 0.717) is 23.4 Å². The number of carbonyl (C=O) groups is 1. The van der Waals surface area contributed by atoms with E-state index in [1.165, 1.54) is 18.2 Å². The molecule has 0 fully saturated rings. The first-order valence-corrected chi connectivity index (χ1v) is 6.97. The van der Waals surface area contributed by atoms with Gasteiger partial charge in [-0.3, -0.25) is 4.79 Å². The van der Waals surface area contributed by atoms with Gasteiger partial charge in [-0.25, -0.2) is 4.39 Å². The highest BCUT2D eigenvalue weighted by atomic mass is 19.1. The normalized spacial score (nSPS) is 13.9. The van der Waals surface area contributed by atoms with Crippen LogP contribution in [0.5, 0.6) is 5.75 Å². The van der Waals surface area contributed by atoms with Crippen LogP contribution in [0.2, 0.25) is 0 Å². The minimum atomic E-state index is -0.356. The van der Waals surface area contributed by atoms with Crippen molar-refractivity contribution in [2.24, 2.45) is 0 Å². The topological polar surface area (TPSA) is 40.5 Å². The van der Waals surface area contributed by atoms with Gasteiger partial charge in [-0.1, -0.05) is 12.1 Å². The number of hydrogen-bond acceptors (Lipinski definition) is 2. The number of anilines is 1. The summed E-state index contributed by atoms with van der Waals surface area (Å²) in [5.41, 5.74) is 2.61. The third-order valence-electron chi connectivity index (χ3n) is 3.86. The molecular weight excluding hydrogens is 269 g/mol. The van der Waals surface area contributed by atoms with Crippen LogP contribution in [0.3, 0.4) is 0 Å². The van der Waals surface area contributed by atoms with Gasteiger partial charge < -0.3 is 10.0 Å². The molecule has 21 heavy (non-hydrogen) atoms. The Kier molecular flexibility index (Phi) is 3.37. The lowest BCUT2D eigenvalue weighted by Crippen LogP contribution is -2.35. The number of phenolic OH excluding ortho intramolecular Hbond substituents is 1. The lowest BCUT2D eigenvalue weighted by molar-refractivity contribution is 0.0983. The van der Waals surface area contributed by atoms with E-state index in [-0.39, 0.29) is 17.5 Å². The summed E-state index contributed by atoms with van der Waals surface area (Å²) in [5.74, 6) is -0.443. The monoisotopic (exact) mass is 285 g/mol. The third kappa shape index (κ3) is 2.37. The molecule has 0 saturated carbocycles. The molecular formula is C17H16FNO2. The Morgan fingerprint density at radius 2 is 2.10 bits per heavy atom. The van der Waals surface area contributed by atoms with Crippen LogP contribution in [0, 0.1) is 12.7 Å². The van der Waals surface area contributed by atoms with Gasteiger partial charge >= 0.3 is 0 Å². The molecule has 0 unspecified atom stereocenters. The molecule has 108 valence electrons. The number of rotatable bonds is 1. The minimum Gasteiger partial charge on any atom is -0.506 e. The third-order valence-corrected chi connectivity index (χ3v) is 3.86. The van der Waals surface area contributed by atoms with Gasteiger partial charge in [0.2, 0.25) is 0 Å². The molecule has 3 rings (SSSR count). The van der Waals surface area contributed by atoms with E-state index in [1.54, 1.807) is 24.0 Å². The number of aryl methyl sites for hydroxylation is 2.